The zero-order valence-corrected chi connectivity index (χ0v) is 15.0. The van der Waals surface area contributed by atoms with E-state index in [9.17, 15) is 13.2 Å². The van der Waals surface area contributed by atoms with Gasteiger partial charge in [0.2, 0.25) is 0 Å². The Morgan fingerprint density at radius 1 is 0.923 bits per heavy atom. The molecule has 136 valence electrons. The van der Waals surface area contributed by atoms with Crippen LogP contribution in [0.2, 0.25) is 0 Å². The van der Waals surface area contributed by atoms with E-state index < -0.39 is 11.7 Å². The van der Waals surface area contributed by atoms with E-state index in [4.69, 9.17) is 0 Å². The summed E-state index contributed by atoms with van der Waals surface area (Å²) >= 11 is 0. The van der Waals surface area contributed by atoms with E-state index in [0.29, 0.717) is 12.5 Å². The van der Waals surface area contributed by atoms with Crippen LogP contribution in [0.15, 0.2) is 42.5 Å². The number of hydrogen-bond acceptors (Lipinski definition) is 1. The van der Waals surface area contributed by atoms with E-state index in [1.54, 1.807) is 6.07 Å². The summed E-state index contributed by atoms with van der Waals surface area (Å²) in [5.41, 5.74) is 5.98. The fourth-order valence-corrected chi connectivity index (χ4v) is 4.30. The Morgan fingerprint density at radius 3 is 2.38 bits per heavy atom. The van der Waals surface area contributed by atoms with Crippen molar-refractivity contribution in [3.05, 3.63) is 70.3 Å². The molecule has 2 aliphatic carbocycles. The van der Waals surface area contributed by atoms with Gasteiger partial charge in [0.1, 0.15) is 0 Å². The Morgan fingerprint density at radius 2 is 1.65 bits per heavy atom. The first-order chi connectivity index (χ1) is 12.3. The largest absolute Gasteiger partial charge is 0.416 e. The molecule has 1 unspecified atom stereocenters. The fourth-order valence-electron chi connectivity index (χ4n) is 4.30. The van der Waals surface area contributed by atoms with Crippen LogP contribution in [0, 0.1) is 0 Å². The lowest BCUT2D eigenvalue weighted by Gasteiger charge is -2.32. The standard InChI is InChI=1S/C22H22F3N/c1-26(2)17-9-10-19-18-6-4-3-5-14(18)11-15-7-8-16(22(23,24)25)12-20(15)21(19)13-17/h3-8,12,17H,9-11,13H2,1-2H3. The first kappa shape index (κ1) is 17.3. The molecule has 0 radical (unpaired) electrons. The van der Waals surface area contributed by atoms with Crippen LogP contribution >= 0.6 is 0 Å². The van der Waals surface area contributed by atoms with Gasteiger partial charge in [0, 0.05) is 6.04 Å². The molecule has 0 amide bonds. The second-order valence-corrected chi connectivity index (χ2v) is 7.52. The molecule has 0 N–H and O–H groups in total. The topological polar surface area (TPSA) is 3.24 Å². The van der Waals surface area contributed by atoms with Crippen molar-refractivity contribution in [1.29, 1.82) is 0 Å². The molecule has 1 atom stereocenters. The van der Waals surface area contributed by atoms with Gasteiger partial charge in [-0.05, 0) is 85.3 Å². The SMILES string of the molecule is CN(C)C1CCC2=C(C1)c1cc(C(F)(F)F)ccc1Cc1ccccc12. The molecule has 4 heteroatoms. The van der Waals surface area contributed by atoms with Crippen molar-refractivity contribution in [1.82, 2.24) is 4.90 Å². The highest BCUT2D eigenvalue weighted by Crippen LogP contribution is 2.45. The van der Waals surface area contributed by atoms with Gasteiger partial charge in [0.15, 0.2) is 0 Å². The molecule has 26 heavy (non-hydrogen) atoms. The zero-order valence-electron chi connectivity index (χ0n) is 15.0. The second-order valence-electron chi connectivity index (χ2n) is 7.52. The summed E-state index contributed by atoms with van der Waals surface area (Å²) in [6, 6.07) is 12.9. The molecule has 0 aromatic heterocycles. The minimum atomic E-state index is -4.31. The van der Waals surface area contributed by atoms with Gasteiger partial charge in [-0.1, -0.05) is 30.3 Å². The van der Waals surface area contributed by atoms with Crippen molar-refractivity contribution < 1.29 is 13.2 Å². The van der Waals surface area contributed by atoms with Gasteiger partial charge in [0.05, 0.1) is 5.56 Å². The maximum absolute atomic E-state index is 13.3. The number of benzene rings is 2. The first-order valence-corrected chi connectivity index (χ1v) is 9.02. The maximum Gasteiger partial charge on any atom is 0.416 e. The van der Waals surface area contributed by atoms with Crippen molar-refractivity contribution in [3.63, 3.8) is 0 Å². The summed E-state index contributed by atoms with van der Waals surface area (Å²) in [5.74, 6) is 0. The van der Waals surface area contributed by atoms with Crippen LogP contribution in [0.5, 0.6) is 0 Å². The Labute approximate surface area is 152 Å². The summed E-state index contributed by atoms with van der Waals surface area (Å²) in [6.07, 6.45) is -0.891. The quantitative estimate of drug-likeness (QED) is 0.639. The molecule has 2 aromatic rings. The van der Waals surface area contributed by atoms with Gasteiger partial charge in [-0.2, -0.15) is 13.2 Å². The third-order valence-electron chi connectivity index (χ3n) is 5.75. The number of allylic oxidation sites excluding steroid dienone is 1. The number of fused-ring (bicyclic) bond motifs is 4. The maximum atomic E-state index is 13.3. The van der Waals surface area contributed by atoms with E-state index >= 15 is 0 Å². The number of rotatable bonds is 1. The highest BCUT2D eigenvalue weighted by molar-refractivity contribution is 5.95. The third-order valence-corrected chi connectivity index (χ3v) is 5.75. The lowest BCUT2D eigenvalue weighted by Crippen LogP contribution is -2.30. The van der Waals surface area contributed by atoms with Gasteiger partial charge >= 0.3 is 6.18 Å². The van der Waals surface area contributed by atoms with E-state index in [2.05, 4.69) is 17.0 Å². The van der Waals surface area contributed by atoms with Gasteiger partial charge in [-0.15, -0.1) is 0 Å². The Balaban J connectivity index is 1.94. The zero-order chi connectivity index (χ0) is 18.5. The summed E-state index contributed by atoms with van der Waals surface area (Å²) < 4.78 is 40.0. The Bertz CT molecular complexity index is 877. The predicted molar refractivity (Wildman–Crippen MR) is 98.8 cm³/mol. The van der Waals surface area contributed by atoms with E-state index in [1.165, 1.54) is 28.8 Å². The van der Waals surface area contributed by atoms with Crippen molar-refractivity contribution in [2.24, 2.45) is 0 Å². The van der Waals surface area contributed by atoms with Crippen LogP contribution in [-0.2, 0) is 12.6 Å². The molecule has 0 heterocycles. The van der Waals surface area contributed by atoms with Gasteiger partial charge in [-0.3, -0.25) is 0 Å². The molecule has 0 fully saturated rings. The summed E-state index contributed by atoms with van der Waals surface area (Å²) in [7, 11) is 4.10. The van der Waals surface area contributed by atoms with Crippen LogP contribution in [-0.4, -0.2) is 25.0 Å². The second kappa shape index (κ2) is 6.27. The highest BCUT2D eigenvalue weighted by atomic mass is 19.4. The number of alkyl halides is 3. The first-order valence-electron chi connectivity index (χ1n) is 9.02. The molecular weight excluding hydrogens is 335 g/mol. The number of nitrogens with zero attached hydrogens (tertiary/aromatic N) is 1. The molecule has 0 saturated carbocycles. The van der Waals surface area contributed by atoms with Gasteiger partial charge in [-0.25, -0.2) is 0 Å². The number of hydrogen-bond donors (Lipinski definition) is 0. The summed E-state index contributed by atoms with van der Waals surface area (Å²) in [6.45, 7) is 0. The van der Waals surface area contributed by atoms with Crippen LogP contribution in [0.3, 0.4) is 0 Å². The minimum Gasteiger partial charge on any atom is -0.306 e. The fraction of sp³-hybridized carbons (Fsp3) is 0.364. The molecule has 4 rings (SSSR count). The third kappa shape index (κ3) is 2.96. The lowest BCUT2D eigenvalue weighted by molar-refractivity contribution is -0.137. The molecule has 0 aliphatic heterocycles. The normalized spacial score (nSPS) is 19.7. The summed E-state index contributed by atoms with van der Waals surface area (Å²) in [4.78, 5) is 2.19. The van der Waals surface area contributed by atoms with Crippen LogP contribution in [0.4, 0.5) is 13.2 Å². The average molecular weight is 357 g/mol. The Kier molecular flexibility index (Phi) is 4.19. The predicted octanol–water partition coefficient (Wildman–Crippen LogP) is 5.63. The van der Waals surface area contributed by atoms with Crippen LogP contribution in [0.25, 0.3) is 11.1 Å². The van der Waals surface area contributed by atoms with E-state index in [-0.39, 0.29) is 0 Å². The van der Waals surface area contributed by atoms with Gasteiger partial charge in [0.25, 0.3) is 0 Å². The monoisotopic (exact) mass is 357 g/mol. The molecule has 0 saturated heterocycles. The van der Waals surface area contributed by atoms with E-state index in [1.807, 2.05) is 26.2 Å². The molecule has 0 bridgehead atoms. The summed E-state index contributed by atoms with van der Waals surface area (Å²) in [5, 5.41) is 0. The highest BCUT2D eigenvalue weighted by Gasteiger charge is 2.34. The minimum absolute atomic E-state index is 0.362. The van der Waals surface area contributed by atoms with Crippen LogP contribution in [0.1, 0.15) is 47.1 Å². The smallest absolute Gasteiger partial charge is 0.306 e. The van der Waals surface area contributed by atoms with E-state index in [0.717, 1.165) is 36.0 Å². The lowest BCUT2D eigenvalue weighted by atomic mass is 9.81. The van der Waals surface area contributed by atoms with Crippen molar-refractivity contribution in [2.75, 3.05) is 14.1 Å². The van der Waals surface area contributed by atoms with Gasteiger partial charge < -0.3 is 4.90 Å². The molecule has 1 nitrogen and oxygen atoms in total. The average Bonchev–Trinajstić information content (AvgIpc) is 2.74. The van der Waals surface area contributed by atoms with Crippen molar-refractivity contribution in [3.8, 4) is 0 Å². The molecule has 2 aliphatic rings. The Hall–Kier alpha value is -2.07. The molecule has 2 aromatic carbocycles. The molecular formula is C22H22F3N. The van der Waals surface area contributed by atoms with Crippen molar-refractivity contribution in [2.45, 2.75) is 37.9 Å². The molecule has 0 spiro atoms. The number of halogens is 3. The van der Waals surface area contributed by atoms with Crippen LogP contribution < -0.4 is 0 Å². The van der Waals surface area contributed by atoms with Crippen molar-refractivity contribution >= 4 is 11.1 Å².